The van der Waals surface area contributed by atoms with Gasteiger partial charge in [0.1, 0.15) is 5.82 Å². The van der Waals surface area contributed by atoms with Crippen molar-refractivity contribution in [1.29, 1.82) is 0 Å². The highest BCUT2D eigenvalue weighted by Gasteiger charge is 2.08. The molecule has 0 amide bonds. The minimum absolute atomic E-state index is 0.192. The number of rotatable bonds is 2. The summed E-state index contributed by atoms with van der Waals surface area (Å²) < 4.78 is 15.8. The minimum Gasteiger partial charge on any atom is -0.292 e. The van der Waals surface area contributed by atoms with E-state index in [2.05, 4.69) is 20.9 Å². The van der Waals surface area contributed by atoms with Crippen LogP contribution in [0.3, 0.4) is 0 Å². The van der Waals surface area contributed by atoms with Crippen molar-refractivity contribution >= 4 is 15.9 Å². The number of hydrogen-bond acceptors (Lipinski definition) is 2. The number of halogens is 2. The van der Waals surface area contributed by atoms with Gasteiger partial charge in [-0.3, -0.25) is 4.57 Å². The van der Waals surface area contributed by atoms with Crippen LogP contribution in [0.2, 0.25) is 0 Å². The largest absolute Gasteiger partial charge is 0.348 e. The molecule has 0 fully saturated rings. The van der Waals surface area contributed by atoms with E-state index in [4.69, 9.17) is 0 Å². The summed E-state index contributed by atoms with van der Waals surface area (Å²) >= 11 is 3.20. The van der Waals surface area contributed by atoms with E-state index >= 15 is 0 Å². The van der Waals surface area contributed by atoms with E-state index in [0.29, 0.717) is 15.7 Å². The quantitative estimate of drug-likeness (QED) is 0.855. The molecule has 0 saturated heterocycles. The zero-order valence-electron chi connectivity index (χ0n) is 10.1. The average molecular weight is 311 g/mol. The number of nitrogens with zero attached hydrogens (tertiary/aromatic N) is 2. The van der Waals surface area contributed by atoms with E-state index in [9.17, 15) is 9.18 Å². The molecule has 0 unspecified atom stereocenters. The molecular weight excluding hydrogens is 299 g/mol. The third kappa shape index (κ3) is 2.67. The summed E-state index contributed by atoms with van der Waals surface area (Å²) in [6.45, 7) is 3.77. The summed E-state index contributed by atoms with van der Waals surface area (Å²) in [5, 5.41) is 0. The first-order valence-corrected chi connectivity index (χ1v) is 6.25. The Kier molecular flexibility index (Phi) is 3.61. The molecule has 0 spiro atoms. The Bertz CT molecular complexity index is 652. The predicted molar refractivity (Wildman–Crippen MR) is 71.2 cm³/mol. The highest BCUT2D eigenvalue weighted by molar-refractivity contribution is 9.10. The van der Waals surface area contributed by atoms with Gasteiger partial charge in [-0.05, 0) is 32.0 Å². The number of aromatic nitrogens is 2. The average Bonchev–Trinajstić information content (AvgIpc) is 2.25. The summed E-state index contributed by atoms with van der Waals surface area (Å²) in [6.07, 6.45) is 0. The van der Waals surface area contributed by atoms with Gasteiger partial charge in [0, 0.05) is 21.4 Å². The molecule has 94 valence electrons. The molecule has 0 N–H and O–H groups in total. The maximum Gasteiger partial charge on any atom is 0.348 e. The van der Waals surface area contributed by atoms with Gasteiger partial charge in [0.2, 0.25) is 0 Å². The Labute approximate surface area is 112 Å². The van der Waals surface area contributed by atoms with Crippen molar-refractivity contribution in [3.8, 4) is 0 Å². The third-order valence-electron chi connectivity index (χ3n) is 2.69. The van der Waals surface area contributed by atoms with Crippen molar-refractivity contribution in [1.82, 2.24) is 9.55 Å². The summed E-state index contributed by atoms with van der Waals surface area (Å²) in [5.41, 5.74) is 1.56. The normalized spacial score (nSPS) is 10.7. The standard InChI is InChI=1S/C13H12BrFN2O/c1-8-5-9(2)17(13(18)16-8)7-10-3-4-11(14)6-12(10)15/h3-6H,7H2,1-2H3. The van der Waals surface area contributed by atoms with Crippen LogP contribution in [-0.2, 0) is 6.54 Å². The van der Waals surface area contributed by atoms with Crippen LogP contribution in [-0.4, -0.2) is 9.55 Å². The predicted octanol–water partition coefficient (Wildman–Crippen LogP) is 2.81. The Morgan fingerprint density at radius 1 is 1.33 bits per heavy atom. The van der Waals surface area contributed by atoms with E-state index in [1.54, 1.807) is 25.1 Å². The van der Waals surface area contributed by atoms with Crippen molar-refractivity contribution in [2.24, 2.45) is 0 Å². The van der Waals surface area contributed by atoms with E-state index in [0.717, 1.165) is 5.69 Å². The van der Waals surface area contributed by atoms with Crippen LogP contribution in [0.1, 0.15) is 17.0 Å². The minimum atomic E-state index is -0.352. The van der Waals surface area contributed by atoms with Gasteiger partial charge < -0.3 is 0 Å². The maximum atomic E-state index is 13.7. The van der Waals surface area contributed by atoms with Gasteiger partial charge in [-0.15, -0.1) is 0 Å². The second-order valence-corrected chi connectivity index (χ2v) is 5.06. The molecule has 1 heterocycles. The Balaban J connectivity index is 2.43. The zero-order chi connectivity index (χ0) is 13.3. The second kappa shape index (κ2) is 5.02. The van der Waals surface area contributed by atoms with Gasteiger partial charge in [-0.25, -0.2) is 9.18 Å². The van der Waals surface area contributed by atoms with E-state index in [1.165, 1.54) is 10.6 Å². The Hall–Kier alpha value is -1.49. The van der Waals surface area contributed by atoms with Crippen molar-refractivity contribution in [2.75, 3.05) is 0 Å². The van der Waals surface area contributed by atoms with E-state index < -0.39 is 0 Å². The molecule has 0 aliphatic carbocycles. The molecule has 2 rings (SSSR count). The highest BCUT2D eigenvalue weighted by atomic mass is 79.9. The smallest absolute Gasteiger partial charge is 0.292 e. The second-order valence-electron chi connectivity index (χ2n) is 4.14. The lowest BCUT2D eigenvalue weighted by Gasteiger charge is -2.10. The van der Waals surface area contributed by atoms with Gasteiger partial charge >= 0.3 is 5.69 Å². The van der Waals surface area contributed by atoms with Gasteiger partial charge in [-0.1, -0.05) is 22.0 Å². The first-order valence-electron chi connectivity index (χ1n) is 5.46. The topological polar surface area (TPSA) is 34.9 Å². The van der Waals surface area contributed by atoms with E-state index in [1.807, 2.05) is 6.92 Å². The fourth-order valence-corrected chi connectivity index (χ4v) is 2.12. The van der Waals surface area contributed by atoms with Crippen molar-refractivity contribution in [3.63, 3.8) is 0 Å². The van der Waals surface area contributed by atoms with Crippen LogP contribution < -0.4 is 5.69 Å². The fourth-order valence-electron chi connectivity index (χ4n) is 1.79. The molecule has 0 aliphatic heterocycles. The molecule has 2 aromatic rings. The number of benzene rings is 1. The molecule has 0 atom stereocenters. The SMILES string of the molecule is Cc1cc(C)n(Cc2ccc(Br)cc2F)c(=O)n1. The lowest BCUT2D eigenvalue weighted by Crippen LogP contribution is -2.26. The Morgan fingerprint density at radius 3 is 2.67 bits per heavy atom. The van der Waals surface area contributed by atoms with Gasteiger partial charge in [0.25, 0.3) is 0 Å². The van der Waals surface area contributed by atoms with Crippen LogP contribution in [0.4, 0.5) is 4.39 Å². The number of hydrogen-bond donors (Lipinski definition) is 0. The highest BCUT2D eigenvalue weighted by Crippen LogP contribution is 2.16. The van der Waals surface area contributed by atoms with Crippen molar-refractivity contribution < 1.29 is 4.39 Å². The van der Waals surface area contributed by atoms with Gasteiger partial charge in [0.15, 0.2) is 0 Å². The zero-order valence-corrected chi connectivity index (χ0v) is 11.7. The molecule has 1 aromatic carbocycles. The molecule has 1 aromatic heterocycles. The van der Waals surface area contributed by atoms with Crippen LogP contribution in [0, 0.1) is 19.7 Å². The van der Waals surface area contributed by atoms with Crippen LogP contribution >= 0.6 is 15.9 Å². The van der Waals surface area contributed by atoms with Crippen LogP contribution in [0.5, 0.6) is 0 Å². The summed E-state index contributed by atoms with van der Waals surface area (Å²) in [7, 11) is 0. The molecular formula is C13H12BrFN2O. The van der Waals surface area contributed by atoms with Crippen LogP contribution in [0.25, 0.3) is 0 Å². The fraction of sp³-hybridized carbons (Fsp3) is 0.231. The first-order chi connectivity index (χ1) is 8.47. The summed E-state index contributed by atoms with van der Waals surface area (Å²) in [6, 6.07) is 6.60. The maximum absolute atomic E-state index is 13.7. The lowest BCUT2D eigenvalue weighted by atomic mass is 10.2. The van der Waals surface area contributed by atoms with Gasteiger partial charge in [0.05, 0.1) is 6.54 Å². The third-order valence-corrected chi connectivity index (χ3v) is 3.18. The summed E-state index contributed by atoms with van der Waals surface area (Å²) in [5.74, 6) is -0.337. The molecule has 0 radical (unpaired) electrons. The molecule has 0 bridgehead atoms. The number of aryl methyl sites for hydroxylation is 2. The van der Waals surface area contributed by atoms with Crippen molar-refractivity contribution in [2.45, 2.75) is 20.4 Å². The first kappa shape index (κ1) is 13.0. The summed E-state index contributed by atoms with van der Waals surface area (Å²) in [4.78, 5) is 15.6. The lowest BCUT2D eigenvalue weighted by molar-refractivity contribution is 0.588. The van der Waals surface area contributed by atoms with Gasteiger partial charge in [-0.2, -0.15) is 4.98 Å². The Morgan fingerprint density at radius 2 is 2.06 bits per heavy atom. The monoisotopic (exact) mass is 310 g/mol. The molecule has 0 aliphatic rings. The van der Waals surface area contributed by atoms with E-state index in [-0.39, 0.29) is 18.1 Å². The molecule has 5 heteroatoms. The molecule has 18 heavy (non-hydrogen) atoms. The molecule has 0 saturated carbocycles. The van der Waals surface area contributed by atoms with Crippen LogP contribution in [0.15, 0.2) is 33.5 Å². The molecule has 3 nitrogen and oxygen atoms in total. The van der Waals surface area contributed by atoms with Crippen molar-refractivity contribution in [3.05, 3.63) is 62.0 Å².